The van der Waals surface area contributed by atoms with Crippen LogP contribution in [0.1, 0.15) is 15.9 Å². The highest BCUT2D eigenvalue weighted by Gasteiger charge is 2.12. The van der Waals surface area contributed by atoms with Gasteiger partial charge in [0.25, 0.3) is 0 Å². The Morgan fingerprint density at radius 1 is 1.16 bits per heavy atom. The lowest BCUT2D eigenvalue weighted by Gasteiger charge is -2.09. The average Bonchev–Trinajstić information content (AvgIpc) is 2.83. The molecule has 1 N–H and O–H groups in total. The maximum absolute atomic E-state index is 11.2. The van der Waals surface area contributed by atoms with Crippen molar-refractivity contribution in [2.45, 2.75) is 6.92 Å². The molecule has 0 bridgehead atoms. The number of hydrogen-bond donors (Lipinski definition) is 1. The Labute approximate surface area is 109 Å². The van der Waals surface area contributed by atoms with Gasteiger partial charge in [-0.2, -0.15) is 5.10 Å². The second kappa shape index (κ2) is 4.24. The fraction of sp³-hybridized carbons (Fsp3) is 0.0667. The van der Waals surface area contributed by atoms with Gasteiger partial charge in [0.1, 0.15) is 0 Å². The molecular weight excluding hydrogens is 240 g/mol. The van der Waals surface area contributed by atoms with E-state index in [1.807, 2.05) is 37.4 Å². The molecule has 0 saturated heterocycles. The Hall–Kier alpha value is -2.62. The monoisotopic (exact) mass is 252 g/mol. The minimum absolute atomic E-state index is 0.309. The Kier molecular flexibility index (Phi) is 2.56. The van der Waals surface area contributed by atoms with E-state index in [0.717, 1.165) is 22.0 Å². The van der Waals surface area contributed by atoms with E-state index in [9.17, 15) is 9.90 Å². The van der Waals surface area contributed by atoms with Crippen molar-refractivity contribution in [3.05, 3.63) is 59.9 Å². The minimum Gasteiger partial charge on any atom is -0.478 e. The summed E-state index contributed by atoms with van der Waals surface area (Å²) in [7, 11) is 0. The molecule has 4 nitrogen and oxygen atoms in total. The number of aromatic carboxylic acids is 1. The fourth-order valence-corrected chi connectivity index (χ4v) is 2.21. The molecule has 0 unspecified atom stereocenters. The molecule has 0 radical (unpaired) electrons. The molecule has 0 aliphatic rings. The van der Waals surface area contributed by atoms with E-state index >= 15 is 0 Å². The van der Waals surface area contributed by atoms with Crippen molar-refractivity contribution in [2.24, 2.45) is 0 Å². The highest BCUT2D eigenvalue weighted by Crippen LogP contribution is 2.25. The molecule has 4 heteroatoms. The molecule has 1 aromatic heterocycles. The van der Waals surface area contributed by atoms with Crippen molar-refractivity contribution in [3.63, 3.8) is 0 Å². The number of nitrogens with zero attached hydrogens (tertiary/aromatic N) is 2. The molecule has 0 saturated carbocycles. The third-order valence-corrected chi connectivity index (χ3v) is 3.09. The summed E-state index contributed by atoms with van der Waals surface area (Å²) in [5, 5.41) is 15.1. The number of carbonyl (C=O) groups is 1. The number of aryl methyl sites for hydroxylation is 1. The van der Waals surface area contributed by atoms with Crippen LogP contribution in [0.3, 0.4) is 0 Å². The summed E-state index contributed by atoms with van der Waals surface area (Å²) in [6.07, 6.45) is 3.70. The average molecular weight is 252 g/mol. The maximum atomic E-state index is 11.2. The lowest BCUT2D eigenvalue weighted by atomic mass is 10.0. The van der Waals surface area contributed by atoms with Gasteiger partial charge in [0.15, 0.2) is 0 Å². The SMILES string of the molecule is Cc1cnn(-c2ccc(C(=O)O)c3ccccc23)c1. The van der Waals surface area contributed by atoms with E-state index in [2.05, 4.69) is 5.10 Å². The van der Waals surface area contributed by atoms with Crippen LogP contribution in [0.5, 0.6) is 0 Å². The topological polar surface area (TPSA) is 55.1 Å². The highest BCUT2D eigenvalue weighted by atomic mass is 16.4. The number of hydrogen-bond acceptors (Lipinski definition) is 2. The molecule has 3 rings (SSSR count). The summed E-state index contributed by atoms with van der Waals surface area (Å²) in [5.74, 6) is -0.917. The predicted molar refractivity (Wildman–Crippen MR) is 72.8 cm³/mol. The van der Waals surface area contributed by atoms with Gasteiger partial charge in [0.2, 0.25) is 0 Å². The summed E-state index contributed by atoms with van der Waals surface area (Å²) in [6.45, 7) is 1.97. The number of aromatic nitrogens is 2. The van der Waals surface area contributed by atoms with Gasteiger partial charge >= 0.3 is 5.97 Å². The zero-order valence-electron chi connectivity index (χ0n) is 10.4. The van der Waals surface area contributed by atoms with Crippen LogP contribution in [0, 0.1) is 6.92 Å². The third kappa shape index (κ3) is 1.87. The quantitative estimate of drug-likeness (QED) is 0.762. The molecular formula is C15H12N2O2. The van der Waals surface area contributed by atoms with E-state index < -0.39 is 5.97 Å². The molecule has 0 atom stereocenters. The highest BCUT2D eigenvalue weighted by molar-refractivity contribution is 6.06. The number of carboxylic acid groups (broad SMARTS) is 1. The Morgan fingerprint density at radius 2 is 1.89 bits per heavy atom. The number of fused-ring (bicyclic) bond motifs is 1. The van der Waals surface area contributed by atoms with E-state index in [1.54, 1.807) is 23.0 Å². The summed E-state index contributed by atoms with van der Waals surface area (Å²) in [5.41, 5.74) is 2.25. The zero-order chi connectivity index (χ0) is 13.4. The molecule has 0 amide bonds. The van der Waals surface area contributed by atoms with Crippen LogP contribution in [0.4, 0.5) is 0 Å². The second-order valence-electron chi connectivity index (χ2n) is 4.45. The van der Waals surface area contributed by atoms with E-state index in [-0.39, 0.29) is 0 Å². The first-order valence-corrected chi connectivity index (χ1v) is 5.93. The predicted octanol–water partition coefficient (Wildman–Crippen LogP) is 3.03. The maximum Gasteiger partial charge on any atom is 0.336 e. The lowest BCUT2D eigenvalue weighted by Crippen LogP contribution is -2.01. The number of carboxylic acids is 1. The standard InChI is InChI=1S/C15H12N2O2/c1-10-8-16-17(9-10)14-7-6-13(15(18)19)11-4-2-3-5-12(11)14/h2-9H,1H3,(H,18,19). The smallest absolute Gasteiger partial charge is 0.336 e. The van der Waals surface area contributed by atoms with Crippen molar-refractivity contribution in [1.29, 1.82) is 0 Å². The van der Waals surface area contributed by atoms with Gasteiger partial charge in [0.05, 0.1) is 17.4 Å². The fourth-order valence-electron chi connectivity index (χ4n) is 2.21. The van der Waals surface area contributed by atoms with Crippen LogP contribution in [0.2, 0.25) is 0 Å². The van der Waals surface area contributed by atoms with E-state index in [1.165, 1.54) is 0 Å². The van der Waals surface area contributed by atoms with Gasteiger partial charge in [-0.05, 0) is 30.0 Å². The summed E-state index contributed by atoms with van der Waals surface area (Å²) in [6, 6.07) is 10.9. The first kappa shape index (κ1) is 11.5. The Morgan fingerprint density at radius 3 is 2.53 bits per heavy atom. The van der Waals surface area contributed by atoms with Crippen molar-refractivity contribution < 1.29 is 9.90 Å². The molecule has 2 aromatic carbocycles. The second-order valence-corrected chi connectivity index (χ2v) is 4.45. The van der Waals surface area contributed by atoms with Gasteiger partial charge in [0, 0.05) is 11.6 Å². The van der Waals surface area contributed by atoms with Crippen molar-refractivity contribution in [1.82, 2.24) is 9.78 Å². The molecule has 0 aliphatic heterocycles. The lowest BCUT2D eigenvalue weighted by molar-refractivity contribution is 0.0699. The minimum atomic E-state index is -0.917. The third-order valence-electron chi connectivity index (χ3n) is 3.09. The number of benzene rings is 2. The normalized spacial score (nSPS) is 10.8. The molecule has 0 fully saturated rings. The molecule has 3 aromatic rings. The molecule has 19 heavy (non-hydrogen) atoms. The van der Waals surface area contributed by atoms with Gasteiger partial charge in [-0.1, -0.05) is 24.3 Å². The van der Waals surface area contributed by atoms with Gasteiger partial charge in [-0.15, -0.1) is 0 Å². The van der Waals surface area contributed by atoms with Gasteiger partial charge in [-0.25, -0.2) is 9.48 Å². The van der Waals surface area contributed by atoms with Crippen LogP contribution in [-0.2, 0) is 0 Å². The van der Waals surface area contributed by atoms with Gasteiger partial charge in [-0.3, -0.25) is 0 Å². The zero-order valence-corrected chi connectivity index (χ0v) is 10.4. The van der Waals surface area contributed by atoms with Crippen LogP contribution >= 0.6 is 0 Å². The molecule has 0 aliphatic carbocycles. The summed E-state index contributed by atoms with van der Waals surface area (Å²) >= 11 is 0. The van der Waals surface area contributed by atoms with Crippen molar-refractivity contribution in [2.75, 3.05) is 0 Å². The molecule has 0 spiro atoms. The first-order chi connectivity index (χ1) is 9.16. The van der Waals surface area contributed by atoms with Crippen molar-refractivity contribution >= 4 is 16.7 Å². The summed E-state index contributed by atoms with van der Waals surface area (Å²) < 4.78 is 1.77. The van der Waals surface area contributed by atoms with Crippen LogP contribution in [-0.4, -0.2) is 20.9 Å². The van der Waals surface area contributed by atoms with E-state index in [4.69, 9.17) is 0 Å². The molecule has 1 heterocycles. The number of rotatable bonds is 2. The van der Waals surface area contributed by atoms with Crippen LogP contribution in [0.25, 0.3) is 16.5 Å². The molecule has 94 valence electrons. The van der Waals surface area contributed by atoms with Crippen molar-refractivity contribution in [3.8, 4) is 5.69 Å². The summed E-state index contributed by atoms with van der Waals surface area (Å²) in [4.78, 5) is 11.2. The Balaban J connectivity index is 2.34. The largest absolute Gasteiger partial charge is 0.478 e. The van der Waals surface area contributed by atoms with Crippen LogP contribution in [0.15, 0.2) is 48.8 Å². The van der Waals surface area contributed by atoms with E-state index in [0.29, 0.717) is 5.56 Å². The Bertz CT molecular complexity index is 775. The van der Waals surface area contributed by atoms with Crippen LogP contribution < -0.4 is 0 Å². The first-order valence-electron chi connectivity index (χ1n) is 5.93. The van der Waals surface area contributed by atoms with Gasteiger partial charge < -0.3 is 5.11 Å².